The summed E-state index contributed by atoms with van der Waals surface area (Å²) in [6, 6.07) is 4.15. The zero-order valence-electron chi connectivity index (χ0n) is 9.90. The van der Waals surface area contributed by atoms with Crippen molar-refractivity contribution in [1.29, 1.82) is 0 Å². The van der Waals surface area contributed by atoms with E-state index in [-0.39, 0.29) is 0 Å². The van der Waals surface area contributed by atoms with Crippen LogP contribution >= 0.6 is 0 Å². The number of fused-ring (bicyclic) bond motifs is 1. The van der Waals surface area contributed by atoms with E-state index in [1.807, 2.05) is 0 Å². The molecule has 0 saturated carbocycles. The third-order valence-electron chi connectivity index (χ3n) is 2.10. The summed E-state index contributed by atoms with van der Waals surface area (Å²) in [5.41, 5.74) is -0.206. The second kappa shape index (κ2) is 3.84. The van der Waals surface area contributed by atoms with Gasteiger partial charge in [-0.1, -0.05) is 0 Å². The Kier molecular flexibility index (Phi) is 2.61. The molecular formula is C12H13FN2O2. The van der Waals surface area contributed by atoms with Crippen molar-refractivity contribution in [2.45, 2.75) is 26.4 Å². The lowest BCUT2D eigenvalue weighted by molar-refractivity contribution is 0.0523. The molecule has 1 aromatic heterocycles. The molecule has 5 heteroatoms. The second-order valence-electron chi connectivity index (χ2n) is 4.74. The third kappa shape index (κ3) is 2.43. The van der Waals surface area contributed by atoms with Gasteiger partial charge in [0.1, 0.15) is 11.4 Å². The number of rotatable bonds is 0. The monoisotopic (exact) mass is 236 g/mol. The van der Waals surface area contributed by atoms with Crippen LogP contribution in [0.1, 0.15) is 20.8 Å². The largest absolute Gasteiger partial charge is 0.442 e. The first-order valence-corrected chi connectivity index (χ1v) is 5.23. The molecule has 0 aliphatic rings. The summed E-state index contributed by atoms with van der Waals surface area (Å²) >= 11 is 0. The van der Waals surface area contributed by atoms with Crippen LogP contribution in [-0.2, 0) is 4.74 Å². The second-order valence-corrected chi connectivity index (χ2v) is 4.74. The molecule has 0 unspecified atom stereocenters. The Labute approximate surface area is 98.0 Å². The van der Waals surface area contributed by atoms with Crippen molar-refractivity contribution in [3.05, 3.63) is 30.2 Å². The van der Waals surface area contributed by atoms with Crippen molar-refractivity contribution in [1.82, 2.24) is 9.78 Å². The van der Waals surface area contributed by atoms with Crippen LogP contribution in [0.4, 0.5) is 9.18 Å². The van der Waals surface area contributed by atoms with Gasteiger partial charge in [-0.2, -0.15) is 9.78 Å². The van der Waals surface area contributed by atoms with E-state index in [0.29, 0.717) is 10.9 Å². The zero-order valence-corrected chi connectivity index (χ0v) is 9.90. The summed E-state index contributed by atoms with van der Waals surface area (Å²) < 4.78 is 19.3. The van der Waals surface area contributed by atoms with Gasteiger partial charge in [-0.05, 0) is 32.9 Å². The van der Waals surface area contributed by atoms with E-state index in [9.17, 15) is 9.18 Å². The van der Waals surface area contributed by atoms with Gasteiger partial charge in [0.25, 0.3) is 0 Å². The Morgan fingerprint density at radius 1 is 1.41 bits per heavy atom. The van der Waals surface area contributed by atoms with Crippen LogP contribution in [0, 0.1) is 5.82 Å². The molecule has 0 spiro atoms. The lowest BCUT2D eigenvalue weighted by Crippen LogP contribution is -2.27. The standard InChI is InChI=1S/C12H13FN2O2/c1-12(2,3)17-11(16)15-10-6-9(13)5-4-8(10)7-14-15/h4-7H,1-3H3. The van der Waals surface area contributed by atoms with Crippen LogP contribution in [0.3, 0.4) is 0 Å². The molecule has 0 N–H and O–H groups in total. The summed E-state index contributed by atoms with van der Waals surface area (Å²) in [4.78, 5) is 11.8. The summed E-state index contributed by atoms with van der Waals surface area (Å²) in [6.07, 6.45) is 0.886. The predicted molar refractivity (Wildman–Crippen MR) is 61.3 cm³/mol. The molecule has 2 aromatic rings. The number of hydrogen-bond acceptors (Lipinski definition) is 3. The molecule has 0 saturated heterocycles. The van der Waals surface area contributed by atoms with Gasteiger partial charge in [0.2, 0.25) is 0 Å². The summed E-state index contributed by atoms with van der Waals surface area (Å²) in [5, 5.41) is 4.59. The van der Waals surface area contributed by atoms with E-state index < -0.39 is 17.5 Å². The number of carbonyl (C=O) groups is 1. The van der Waals surface area contributed by atoms with Gasteiger partial charge in [-0.15, -0.1) is 0 Å². The Balaban J connectivity index is 2.42. The average molecular weight is 236 g/mol. The number of benzene rings is 1. The van der Waals surface area contributed by atoms with Gasteiger partial charge in [0, 0.05) is 11.5 Å². The fraction of sp³-hybridized carbons (Fsp3) is 0.333. The molecule has 0 atom stereocenters. The van der Waals surface area contributed by atoms with E-state index in [4.69, 9.17) is 4.74 Å². The highest BCUT2D eigenvalue weighted by Crippen LogP contribution is 2.17. The van der Waals surface area contributed by atoms with Crippen LogP contribution in [0.15, 0.2) is 24.4 Å². The number of aromatic nitrogens is 2. The Hall–Kier alpha value is -1.91. The van der Waals surface area contributed by atoms with Crippen molar-refractivity contribution in [3.8, 4) is 0 Å². The number of carbonyl (C=O) groups excluding carboxylic acids is 1. The van der Waals surface area contributed by atoms with E-state index in [1.54, 1.807) is 26.8 Å². The minimum Gasteiger partial charge on any atom is -0.442 e. The summed E-state index contributed by atoms with van der Waals surface area (Å²) in [6.45, 7) is 5.28. The lowest BCUT2D eigenvalue weighted by Gasteiger charge is -2.19. The Morgan fingerprint density at radius 3 is 2.76 bits per heavy atom. The maximum absolute atomic E-state index is 13.1. The first-order chi connectivity index (χ1) is 7.87. The summed E-state index contributed by atoms with van der Waals surface area (Å²) in [5.74, 6) is -0.414. The lowest BCUT2D eigenvalue weighted by atomic mass is 10.2. The van der Waals surface area contributed by atoms with Gasteiger partial charge in [0.15, 0.2) is 0 Å². The fourth-order valence-electron chi connectivity index (χ4n) is 1.44. The molecule has 1 heterocycles. The van der Waals surface area contributed by atoms with Crippen molar-refractivity contribution >= 4 is 17.0 Å². The highest BCUT2D eigenvalue weighted by molar-refractivity contribution is 5.87. The van der Waals surface area contributed by atoms with Gasteiger partial charge < -0.3 is 4.74 Å². The molecule has 0 fully saturated rings. The fourth-order valence-corrected chi connectivity index (χ4v) is 1.44. The number of ether oxygens (including phenoxy) is 1. The molecule has 1 aromatic carbocycles. The number of halogens is 1. The first kappa shape index (κ1) is 11.6. The van der Waals surface area contributed by atoms with Crippen LogP contribution in [0.25, 0.3) is 10.9 Å². The van der Waals surface area contributed by atoms with E-state index >= 15 is 0 Å². The van der Waals surface area contributed by atoms with Crippen molar-refractivity contribution in [2.24, 2.45) is 0 Å². The normalized spacial score (nSPS) is 11.8. The van der Waals surface area contributed by atoms with Gasteiger partial charge in [-0.3, -0.25) is 0 Å². The molecule has 0 aliphatic carbocycles. The minimum atomic E-state index is -0.613. The SMILES string of the molecule is CC(C)(C)OC(=O)n1ncc2ccc(F)cc21. The topological polar surface area (TPSA) is 44.1 Å². The van der Waals surface area contributed by atoms with E-state index in [0.717, 1.165) is 4.68 Å². The third-order valence-corrected chi connectivity index (χ3v) is 2.10. The molecule has 90 valence electrons. The molecular weight excluding hydrogens is 223 g/mol. The van der Waals surface area contributed by atoms with E-state index in [1.165, 1.54) is 18.3 Å². The van der Waals surface area contributed by atoms with Gasteiger partial charge in [0.05, 0.1) is 11.7 Å². The zero-order chi connectivity index (χ0) is 12.6. The van der Waals surface area contributed by atoms with Gasteiger partial charge in [-0.25, -0.2) is 9.18 Å². The summed E-state index contributed by atoms with van der Waals surface area (Å²) in [7, 11) is 0. The van der Waals surface area contributed by atoms with Crippen molar-refractivity contribution in [3.63, 3.8) is 0 Å². The average Bonchev–Trinajstić information content (AvgIpc) is 2.57. The smallest absolute Gasteiger partial charge is 0.435 e. The van der Waals surface area contributed by atoms with Crippen LogP contribution in [-0.4, -0.2) is 21.5 Å². The highest BCUT2D eigenvalue weighted by atomic mass is 19.1. The molecule has 0 radical (unpaired) electrons. The minimum absolute atomic E-state index is 0.402. The van der Waals surface area contributed by atoms with Crippen LogP contribution in [0.5, 0.6) is 0 Å². The molecule has 0 amide bonds. The van der Waals surface area contributed by atoms with Gasteiger partial charge >= 0.3 is 6.09 Å². The first-order valence-electron chi connectivity index (χ1n) is 5.23. The molecule has 0 bridgehead atoms. The van der Waals surface area contributed by atoms with E-state index in [2.05, 4.69) is 5.10 Å². The maximum Gasteiger partial charge on any atom is 0.435 e. The number of nitrogens with zero attached hydrogens (tertiary/aromatic N) is 2. The van der Waals surface area contributed by atoms with Crippen LogP contribution in [0.2, 0.25) is 0 Å². The van der Waals surface area contributed by atoms with Crippen molar-refractivity contribution in [2.75, 3.05) is 0 Å². The predicted octanol–water partition coefficient (Wildman–Crippen LogP) is 2.96. The molecule has 17 heavy (non-hydrogen) atoms. The molecule has 0 aliphatic heterocycles. The Morgan fingerprint density at radius 2 is 2.12 bits per heavy atom. The molecule has 2 rings (SSSR count). The highest BCUT2D eigenvalue weighted by Gasteiger charge is 2.20. The maximum atomic E-state index is 13.1. The number of hydrogen-bond donors (Lipinski definition) is 0. The quantitative estimate of drug-likeness (QED) is 0.706. The Bertz CT molecular complexity index is 569. The molecule has 4 nitrogen and oxygen atoms in total. The van der Waals surface area contributed by atoms with Crippen LogP contribution < -0.4 is 0 Å². The van der Waals surface area contributed by atoms with Crippen molar-refractivity contribution < 1.29 is 13.9 Å².